The van der Waals surface area contributed by atoms with Crippen molar-refractivity contribution in [3.8, 4) is 0 Å². The van der Waals surface area contributed by atoms with Gasteiger partial charge in [0, 0.05) is 10.7 Å². The number of hydrogen-bond acceptors (Lipinski definition) is 4. The first-order valence-corrected chi connectivity index (χ1v) is 7.71. The van der Waals surface area contributed by atoms with Crippen LogP contribution in [0.1, 0.15) is 0 Å². The minimum atomic E-state index is -3.75. The fraction of sp³-hybridized carbons (Fsp3) is 0. The Morgan fingerprint density at radius 1 is 1.05 bits per heavy atom. The molecule has 2 aromatic carbocycles. The molecular weight excluding hydrogens is 321 g/mol. The van der Waals surface area contributed by atoms with Gasteiger partial charge < -0.3 is 11.2 Å². The van der Waals surface area contributed by atoms with Gasteiger partial charge >= 0.3 is 0 Å². The van der Waals surface area contributed by atoms with Gasteiger partial charge in [-0.25, -0.2) is 8.42 Å². The second-order valence-electron chi connectivity index (χ2n) is 3.93. The van der Waals surface area contributed by atoms with Crippen molar-refractivity contribution in [1.29, 1.82) is 0 Å². The number of nitrogens with two attached hydrogens (primary N) is 1. The Morgan fingerprint density at radius 2 is 1.80 bits per heavy atom. The molecular formula is C12H11Cl2N3O2S. The monoisotopic (exact) mass is 331 g/mol. The van der Waals surface area contributed by atoms with Gasteiger partial charge in [-0.2, -0.15) is 0 Å². The molecule has 0 radical (unpaired) electrons. The summed E-state index contributed by atoms with van der Waals surface area (Å²) in [6, 6.07) is 10.6. The van der Waals surface area contributed by atoms with E-state index in [-0.39, 0.29) is 4.90 Å². The summed E-state index contributed by atoms with van der Waals surface area (Å²) >= 11 is 11.7. The zero-order valence-corrected chi connectivity index (χ0v) is 12.4. The molecule has 2 rings (SSSR count). The highest BCUT2D eigenvalue weighted by Crippen LogP contribution is 2.25. The first-order chi connectivity index (χ1) is 9.38. The van der Waals surface area contributed by atoms with Gasteiger partial charge in [0.05, 0.1) is 15.6 Å². The Bertz CT molecular complexity index is 735. The third-order valence-corrected chi connectivity index (χ3v) is 4.23. The molecule has 0 fully saturated rings. The second-order valence-corrected chi connectivity index (χ2v) is 6.45. The van der Waals surface area contributed by atoms with E-state index >= 15 is 0 Å². The molecule has 0 aliphatic heterocycles. The molecule has 8 heteroatoms. The van der Waals surface area contributed by atoms with Crippen LogP contribution in [0, 0.1) is 0 Å². The van der Waals surface area contributed by atoms with Gasteiger partial charge in [0.15, 0.2) is 0 Å². The van der Waals surface area contributed by atoms with Crippen LogP contribution in [-0.2, 0) is 10.0 Å². The number of nitrogen functional groups attached to an aromatic ring is 1. The standard InChI is InChI=1S/C12H11Cl2N3O2S/c13-8-4-5-11(14)12(6-8)16-17-20(18,19)10-3-1-2-9(15)7-10/h1-7,16-17H,15H2. The van der Waals surface area contributed by atoms with Crippen LogP contribution in [0.25, 0.3) is 0 Å². The fourth-order valence-electron chi connectivity index (χ4n) is 1.46. The number of hydrogen-bond donors (Lipinski definition) is 3. The van der Waals surface area contributed by atoms with Gasteiger partial charge in [-0.05, 0) is 36.4 Å². The third-order valence-electron chi connectivity index (χ3n) is 2.42. The fourth-order valence-corrected chi connectivity index (χ4v) is 2.70. The smallest absolute Gasteiger partial charge is 0.257 e. The number of sulfonamides is 1. The van der Waals surface area contributed by atoms with Crippen molar-refractivity contribution < 1.29 is 8.42 Å². The maximum atomic E-state index is 12.0. The first-order valence-electron chi connectivity index (χ1n) is 5.47. The van der Waals surface area contributed by atoms with E-state index in [1.54, 1.807) is 24.3 Å². The zero-order valence-electron chi connectivity index (χ0n) is 10.1. The summed E-state index contributed by atoms with van der Waals surface area (Å²) in [5.41, 5.74) is 8.78. The van der Waals surface area contributed by atoms with E-state index in [1.807, 2.05) is 0 Å². The molecule has 0 atom stereocenters. The van der Waals surface area contributed by atoms with E-state index in [0.29, 0.717) is 21.4 Å². The molecule has 20 heavy (non-hydrogen) atoms. The summed E-state index contributed by atoms with van der Waals surface area (Å²) in [5.74, 6) is 0. The highest BCUT2D eigenvalue weighted by molar-refractivity contribution is 7.89. The van der Waals surface area contributed by atoms with Crippen LogP contribution in [-0.4, -0.2) is 8.42 Å². The number of anilines is 2. The SMILES string of the molecule is Nc1cccc(S(=O)(=O)NNc2cc(Cl)ccc2Cl)c1. The summed E-state index contributed by atoms with van der Waals surface area (Å²) in [4.78, 5) is 2.26. The minimum absolute atomic E-state index is 0.0446. The van der Waals surface area contributed by atoms with Crippen LogP contribution in [0.3, 0.4) is 0 Å². The topological polar surface area (TPSA) is 84.2 Å². The van der Waals surface area contributed by atoms with Gasteiger partial charge in [0.25, 0.3) is 10.0 Å². The van der Waals surface area contributed by atoms with E-state index < -0.39 is 10.0 Å². The normalized spacial score (nSPS) is 11.3. The van der Waals surface area contributed by atoms with Crippen molar-refractivity contribution >= 4 is 44.6 Å². The molecule has 5 nitrogen and oxygen atoms in total. The molecule has 4 N–H and O–H groups in total. The van der Waals surface area contributed by atoms with Crippen LogP contribution in [0.15, 0.2) is 47.4 Å². The Balaban J connectivity index is 2.19. The summed E-state index contributed by atoms with van der Waals surface area (Å²) in [6.07, 6.45) is 0. The Kier molecular flexibility index (Phi) is 4.39. The van der Waals surface area contributed by atoms with Crippen molar-refractivity contribution in [3.63, 3.8) is 0 Å². The van der Waals surface area contributed by atoms with Crippen LogP contribution in [0.5, 0.6) is 0 Å². The van der Waals surface area contributed by atoms with Crippen molar-refractivity contribution in [3.05, 3.63) is 52.5 Å². The van der Waals surface area contributed by atoms with E-state index in [9.17, 15) is 8.42 Å². The van der Waals surface area contributed by atoms with Gasteiger partial charge in [0.1, 0.15) is 0 Å². The Morgan fingerprint density at radius 3 is 2.50 bits per heavy atom. The molecule has 0 aliphatic carbocycles. The van der Waals surface area contributed by atoms with Crippen molar-refractivity contribution in [2.45, 2.75) is 4.90 Å². The molecule has 0 amide bonds. The van der Waals surface area contributed by atoms with E-state index in [2.05, 4.69) is 10.3 Å². The third kappa shape index (κ3) is 3.55. The van der Waals surface area contributed by atoms with Crippen LogP contribution >= 0.6 is 23.2 Å². The summed E-state index contributed by atoms with van der Waals surface area (Å²) in [6.45, 7) is 0. The van der Waals surface area contributed by atoms with Gasteiger partial charge in [0.2, 0.25) is 0 Å². The van der Waals surface area contributed by atoms with Crippen molar-refractivity contribution in [2.75, 3.05) is 11.2 Å². The van der Waals surface area contributed by atoms with Gasteiger partial charge in [-0.3, -0.25) is 0 Å². The Hall–Kier alpha value is -1.47. The highest BCUT2D eigenvalue weighted by Gasteiger charge is 2.14. The lowest BCUT2D eigenvalue weighted by molar-refractivity contribution is 0.588. The average molecular weight is 332 g/mol. The molecule has 0 spiro atoms. The zero-order chi connectivity index (χ0) is 14.8. The van der Waals surface area contributed by atoms with Crippen molar-refractivity contribution in [2.24, 2.45) is 0 Å². The maximum absolute atomic E-state index is 12.0. The Labute approximate surface area is 126 Å². The first kappa shape index (κ1) is 14.9. The molecule has 0 aromatic heterocycles. The summed E-state index contributed by atoms with van der Waals surface area (Å²) in [7, 11) is -3.75. The van der Waals surface area contributed by atoms with Crippen LogP contribution < -0.4 is 16.0 Å². The predicted molar refractivity (Wildman–Crippen MR) is 81.3 cm³/mol. The maximum Gasteiger partial charge on any atom is 0.257 e. The molecule has 0 saturated carbocycles. The summed E-state index contributed by atoms with van der Waals surface area (Å²) < 4.78 is 24.1. The van der Waals surface area contributed by atoms with Crippen LogP contribution in [0.4, 0.5) is 11.4 Å². The number of rotatable bonds is 4. The summed E-state index contributed by atoms with van der Waals surface area (Å²) in [5, 5.41) is 0.768. The molecule has 106 valence electrons. The van der Waals surface area contributed by atoms with Gasteiger partial charge in [-0.1, -0.05) is 29.3 Å². The highest BCUT2D eigenvalue weighted by atomic mass is 35.5. The van der Waals surface area contributed by atoms with E-state index in [0.717, 1.165) is 0 Å². The molecule has 0 saturated heterocycles. The minimum Gasteiger partial charge on any atom is -0.399 e. The number of nitrogens with one attached hydrogen (secondary N) is 2. The van der Waals surface area contributed by atoms with E-state index in [1.165, 1.54) is 18.2 Å². The van der Waals surface area contributed by atoms with Gasteiger partial charge in [-0.15, -0.1) is 4.83 Å². The molecule has 2 aromatic rings. The molecule has 0 heterocycles. The number of hydrazine groups is 1. The molecule has 0 bridgehead atoms. The average Bonchev–Trinajstić information content (AvgIpc) is 2.40. The lowest BCUT2D eigenvalue weighted by Crippen LogP contribution is -2.29. The molecule has 0 aliphatic rings. The number of benzene rings is 2. The lowest BCUT2D eigenvalue weighted by Gasteiger charge is -2.11. The quantitative estimate of drug-likeness (QED) is 0.594. The molecule has 0 unspecified atom stereocenters. The van der Waals surface area contributed by atoms with Crippen molar-refractivity contribution in [1.82, 2.24) is 4.83 Å². The van der Waals surface area contributed by atoms with E-state index in [4.69, 9.17) is 28.9 Å². The largest absolute Gasteiger partial charge is 0.399 e. The number of halogens is 2. The lowest BCUT2D eigenvalue weighted by atomic mass is 10.3. The predicted octanol–water partition coefficient (Wildman–Crippen LogP) is 2.88. The van der Waals surface area contributed by atoms with Crippen LogP contribution in [0.2, 0.25) is 10.0 Å². The second kappa shape index (κ2) is 5.88.